The molecule has 0 fully saturated rings. The fraction of sp³-hybridized carbons (Fsp3) is 0.333. The number of carbonyl (C=O) groups is 2. The third kappa shape index (κ3) is 4.52. The minimum absolute atomic E-state index is 0.00174. The first-order valence-electron chi connectivity index (χ1n) is 9.84. The van der Waals surface area contributed by atoms with Gasteiger partial charge in [-0.3, -0.25) is 9.59 Å². The van der Waals surface area contributed by atoms with Crippen LogP contribution in [0.25, 0.3) is 11.1 Å². The Hall–Kier alpha value is -3.51. The molecule has 1 atom stereocenters. The van der Waals surface area contributed by atoms with Crippen LogP contribution in [0.15, 0.2) is 38.6 Å². The normalized spacial score (nSPS) is 12.7. The van der Waals surface area contributed by atoms with Gasteiger partial charge in [0.25, 0.3) is 11.5 Å². The van der Waals surface area contributed by atoms with Crippen LogP contribution in [0.2, 0.25) is 0 Å². The Morgan fingerprint density at radius 2 is 1.91 bits per heavy atom. The number of fused-ring (bicyclic) bond motifs is 1. The number of nitrogens with one attached hydrogen (secondary N) is 1. The third-order valence-electron chi connectivity index (χ3n) is 5.05. The fourth-order valence-electron chi connectivity index (χ4n) is 3.05. The summed E-state index contributed by atoms with van der Waals surface area (Å²) in [5.74, 6) is -1.46. The zero-order chi connectivity index (χ0) is 24.7. The van der Waals surface area contributed by atoms with Gasteiger partial charge in [-0.2, -0.15) is 0 Å². The summed E-state index contributed by atoms with van der Waals surface area (Å²) >= 11 is 0. The molecule has 1 amide bonds. The van der Waals surface area contributed by atoms with Crippen molar-refractivity contribution in [1.82, 2.24) is 13.9 Å². The van der Waals surface area contributed by atoms with Crippen LogP contribution in [0.4, 0.5) is 5.69 Å². The van der Waals surface area contributed by atoms with Crippen LogP contribution in [-0.2, 0) is 26.6 Å². The van der Waals surface area contributed by atoms with Crippen molar-refractivity contribution in [2.24, 2.45) is 7.05 Å². The number of anilines is 1. The van der Waals surface area contributed by atoms with Crippen LogP contribution >= 0.6 is 0 Å². The molecular formula is C21H24N4O7S. The molecule has 176 valence electrons. The highest BCUT2D eigenvalue weighted by Crippen LogP contribution is 2.24. The highest BCUT2D eigenvalue weighted by atomic mass is 32.2. The summed E-state index contributed by atoms with van der Waals surface area (Å²) in [5, 5.41) is 2.55. The summed E-state index contributed by atoms with van der Waals surface area (Å²) in [7, 11) is 0.580. The van der Waals surface area contributed by atoms with E-state index in [1.165, 1.54) is 58.0 Å². The SMILES string of the molecule is Cc1ccc(S(=O)(=O)N(C)C)cc1NC(=O)[C@H](C)OC(=O)c1c(C)oc2ncn(C)c(=O)c12. The third-order valence-corrected chi connectivity index (χ3v) is 6.86. The number of furan rings is 1. The number of aryl methyl sites for hydroxylation is 3. The van der Waals surface area contributed by atoms with E-state index in [2.05, 4.69) is 10.3 Å². The van der Waals surface area contributed by atoms with Crippen LogP contribution < -0.4 is 10.9 Å². The van der Waals surface area contributed by atoms with Crippen LogP contribution in [-0.4, -0.2) is 54.3 Å². The first-order valence-corrected chi connectivity index (χ1v) is 11.3. The summed E-state index contributed by atoms with van der Waals surface area (Å²) in [4.78, 5) is 41.9. The van der Waals surface area contributed by atoms with Crippen molar-refractivity contribution in [3.05, 3.63) is 51.8 Å². The van der Waals surface area contributed by atoms with E-state index in [0.717, 1.165) is 4.31 Å². The summed E-state index contributed by atoms with van der Waals surface area (Å²) in [6.07, 6.45) is 0.0158. The Kier molecular flexibility index (Phi) is 6.43. The van der Waals surface area contributed by atoms with Crippen molar-refractivity contribution in [2.75, 3.05) is 19.4 Å². The lowest BCUT2D eigenvalue weighted by Crippen LogP contribution is -2.31. The highest BCUT2D eigenvalue weighted by Gasteiger charge is 2.27. The molecule has 0 spiro atoms. The molecule has 0 aliphatic heterocycles. The van der Waals surface area contributed by atoms with Gasteiger partial charge in [-0.05, 0) is 38.5 Å². The molecule has 0 bridgehead atoms. The Morgan fingerprint density at radius 1 is 1.24 bits per heavy atom. The zero-order valence-corrected chi connectivity index (χ0v) is 19.8. The molecule has 2 aromatic heterocycles. The van der Waals surface area contributed by atoms with Gasteiger partial charge in [0, 0.05) is 26.8 Å². The molecular weight excluding hydrogens is 452 g/mol. The van der Waals surface area contributed by atoms with E-state index in [-0.39, 0.29) is 33.0 Å². The maximum Gasteiger partial charge on any atom is 0.343 e. The standard InChI is InChI=1S/C21H24N4O7S/c1-11-7-8-14(33(29,30)24(4)5)9-15(11)23-18(26)13(3)32-21(28)16-12(2)31-19-17(16)20(27)25(6)10-22-19/h7-10,13H,1-6H3,(H,23,26)/t13-/m0/s1. The lowest BCUT2D eigenvalue weighted by atomic mass is 10.2. The van der Waals surface area contributed by atoms with E-state index in [0.29, 0.717) is 5.56 Å². The molecule has 2 heterocycles. The van der Waals surface area contributed by atoms with Crippen LogP contribution in [0.3, 0.4) is 0 Å². The van der Waals surface area contributed by atoms with Gasteiger partial charge < -0.3 is 19.0 Å². The van der Waals surface area contributed by atoms with Gasteiger partial charge in [0.15, 0.2) is 6.10 Å². The molecule has 1 N–H and O–H groups in total. The number of sulfonamides is 1. The second-order valence-electron chi connectivity index (χ2n) is 7.67. The van der Waals surface area contributed by atoms with Gasteiger partial charge in [-0.1, -0.05) is 6.07 Å². The molecule has 0 radical (unpaired) electrons. The molecule has 3 rings (SSSR count). The first kappa shape index (κ1) is 24.1. The molecule has 12 heteroatoms. The maximum atomic E-state index is 12.8. The number of hydrogen-bond acceptors (Lipinski definition) is 8. The summed E-state index contributed by atoms with van der Waals surface area (Å²) < 4.78 is 37.7. The molecule has 0 aliphatic carbocycles. The predicted octanol–water partition coefficient (Wildman–Crippen LogP) is 1.58. The van der Waals surface area contributed by atoms with E-state index in [4.69, 9.17) is 9.15 Å². The zero-order valence-electron chi connectivity index (χ0n) is 19.0. The number of ether oxygens (including phenoxy) is 1. The number of aromatic nitrogens is 2. The minimum Gasteiger partial charge on any atom is -0.449 e. The molecule has 11 nitrogen and oxygen atoms in total. The van der Waals surface area contributed by atoms with Gasteiger partial charge >= 0.3 is 5.97 Å². The van der Waals surface area contributed by atoms with Crippen molar-refractivity contribution in [1.29, 1.82) is 0 Å². The Labute approximate surface area is 190 Å². The van der Waals surface area contributed by atoms with Gasteiger partial charge in [-0.25, -0.2) is 22.5 Å². The van der Waals surface area contributed by atoms with Crippen molar-refractivity contribution in [3.63, 3.8) is 0 Å². The quantitative estimate of drug-likeness (QED) is 0.529. The molecule has 0 saturated carbocycles. The van der Waals surface area contributed by atoms with Gasteiger partial charge in [0.2, 0.25) is 15.7 Å². The Bertz CT molecular complexity index is 1420. The summed E-state index contributed by atoms with van der Waals surface area (Å²) in [5.41, 5.74) is 0.276. The molecule has 0 aliphatic rings. The summed E-state index contributed by atoms with van der Waals surface area (Å²) in [6.45, 7) is 4.54. The predicted molar refractivity (Wildman–Crippen MR) is 120 cm³/mol. The maximum absolute atomic E-state index is 12.8. The van der Waals surface area contributed by atoms with Crippen molar-refractivity contribution in [2.45, 2.75) is 31.8 Å². The van der Waals surface area contributed by atoms with Gasteiger partial charge in [-0.15, -0.1) is 0 Å². The van der Waals surface area contributed by atoms with Gasteiger partial charge in [0.05, 0.1) is 4.90 Å². The van der Waals surface area contributed by atoms with E-state index in [1.807, 2.05) is 0 Å². The average molecular weight is 477 g/mol. The highest BCUT2D eigenvalue weighted by molar-refractivity contribution is 7.89. The lowest BCUT2D eigenvalue weighted by Gasteiger charge is -2.17. The molecule has 0 saturated heterocycles. The van der Waals surface area contributed by atoms with E-state index in [1.54, 1.807) is 13.0 Å². The number of nitrogens with zero attached hydrogens (tertiary/aromatic N) is 3. The van der Waals surface area contributed by atoms with Gasteiger partial charge in [0.1, 0.15) is 23.0 Å². The minimum atomic E-state index is -3.71. The Morgan fingerprint density at radius 3 is 2.55 bits per heavy atom. The largest absolute Gasteiger partial charge is 0.449 e. The number of benzene rings is 1. The second-order valence-corrected chi connectivity index (χ2v) is 9.83. The van der Waals surface area contributed by atoms with Crippen molar-refractivity contribution in [3.8, 4) is 0 Å². The fourth-order valence-corrected chi connectivity index (χ4v) is 3.98. The number of amides is 1. The topological polar surface area (TPSA) is 141 Å². The molecule has 33 heavy (non-hydrogen) atoms. The number of esters is 1. The monoisotopic (exact) mass is 476 g/mol. The van der Waals surface area contributed by atoms with E-state index < -0.39 is 33.6 Å². The van der Waals surface area contributed by atoms with E-state index in [9.17, 15) is 22.8 Å². The number of carbonyl (C=O) groups excluding carboxylic acids is 2. The van der Waals surface area contributed by atoms with Crippen LogP contribution in [0.1, 0.15) is 28.6 Å². The average Bonchev–Trinajstić information content (AvgIpc) is 3.08. The smallest absolute Gasteiger partial charge is 0.343 e. The molecule has 1 aromatic carbocycles. The van der Waals surface area contributed by atoms with E-state index >= 15 is 0 Å². The summed E-state index contributed by atoms with van der Waals surface area (Å²) in [6, 6.07) is 4.33. The van der Waals surface area contributed by atoms with Crippen LogP contribution in [0, 0.1) is 13.8 Å². The number of rotatable bonds is 6. The molecule has 0 unspecified atom stereocenters. The molecule has 3 aromatic rings. The second kappa shape index (κ2) is 8.79. The Balaban J connectivity index is 1.84. The van der Waals surface area contributed by atoms with Crippen LogP contribution in [0.5, 0.6) is 0 Å². The first-order chi connectivity index (χ1) is 15.3. The van der Waals surface area contributed by atoms with Crippen molar-refractivity contribution >= 4 is 38.7 Å². The van der Waals surface area contributed by atoms with Crippen molar-refractivity contribution < 1.29 is 27.2 Å². The lowest BCUT2D eigenvalue weighted by molar-refractivity contribution is -0.123. The number of hydrogen-bond donors (Lipinski definition) is 1.